The molecule has 0 aromatic rings. The van der Waals surface area contributed by atoms with E-state index in [1.807, 2.05) is 6.92 Å². The molecule has 0 aliphatic heterocycles. The fourth-order valence-electron chi connectivity index (χ4n) is 1.04. The van der Waals surface area contributed by atoms with E-state index < -0.39 is 11.8 Å². The summed E-state index contributed by atoms with van der Waals surface area (Å²) in [6, 6.07) is 0. The van der Waals surface area contributed by atoms with Crippen LogP contribution in [0, 0.1) is 17.8 Å². The molecule has 0 saturated heterocycles. The smallest absolute Gasteiger partial charge is 0.207 e. The first-order valence-electron chi connectivity index (χ1n) is 5.15. The molecule has 0 amide bonds. The molecule has 1 unspecified atom stereocenters. The molecular weight excluding hydrogens is 170 g/mol. The van der Waals surface area contributed by atoms with Crippen LogP contribution in [0.15, 0.2) is 0 Å². The summed E-state index contributed by atoms with van der Waals surface area (Å²) in [4.78, 5) is 0. The van der Waals surface area contributed by atoms with Gasteiger partial charge in [0.25, 0.3) is 0 Å². The van der Waals surface area contributed by atoms with Gasteiger partial charge < -0.3 is 0 Å². The van der Waals surface area contributed by atoms with Gasteiger partial charge in [-0.05, 0) is 18.3 Å². The molecule has 0 radical (unpaired) electrons. The molecule has 0 rings (SSSR count). The summed E-state index contributed by atoms with van der Waals surface area (Å²) in [5.41, 5.74) is 0. The fourth-order valence-corrected chi connectivity index (χ4v) is 1.04. The largest absolute Gasteiger partial charge is 0.250 e. The molecule has 0 fully saturated rings. The average molecular weight is 192 g/mol. The van der Waals surface area contributed by atoms with Crippen LogP contribution in [0.2, 0.25) is 0 Å². The second-order valence-corrected chi connectivity index (χ2v) is 4.68. The molecule has 2 heteroatoms. The summed E-state index contributed by atoms with van der Waals surface area (Å²) < 4.78 is 26.3. The Hall–Kier alpha value is -0.140. The maximum Gasteiger partial charge on any atom is 0.250 e. The summed E-state index contributed by atoms with van der Waals surface area (Å²) in [6.45, 7) is 9.37. The predicted octanol–water partition coefficient (Wildman–Crippen LogP) is 4.35. The van der Waals surface area contributed by atoms with Crippen LogP contribution in [0.4, 0.5) is 8.78 Å². The first-order chi connectivity index (χ1) is 5.77. The summed E-state index contributed by atoms with van der Waals surface area (Å²) in [5, 5.41) is 0. The van der Waals surface area contributed by atoms with E-state index in [4.69, 9.17) is 0 Å². The van der Waals surface area contributed by atoms with Crippen molar-refractivity contribution in [2.24, 2.45) is 17.8 Å². The molecule has 0 heterocycles. The van der Waals surface area contributed by atoms with Crippen molar-refractivity contribution in [2.75, 3.05) is 0 Å². The third kappa shape index (κ3) is 4.58. The second-order valence-electron chi connectivity index (χ2n) is 4.68. The Morgan fingerprint density at radius 1 is 1.00 bits per heavy atom. The Labute approximate surface area is 80.7 Å². The van der Waals surface area contributed by atoms with Gasteiger partial charge in [-0.3, -0.25) is 0 Å². The lowest BCUT2D eigenvalue weighted by Gasteiger charge is -2.23. The maximum absolute atomic E-state index is 13.2. The minimum Gasteiger partial charge on any atom is -0.207 e. The van der Waals surface area contributed by atoms with Gasteiger partial charge in [0.2, 0.25) is 5.92 Å². The van der Waals surface area contributed by atoms with Crippen LogP contribution in [0.3, 0.4) is 0 Å². The van der Waals surface area contributed by atoms with Crippen molar-refractivity contribution in [3.63, 3.8) is 0 Å². The van der Waals surface area contributed by atoms with Crippen LogP contribution in [-0.4, -0.2) is 5.92 Å². The number of rotatable bonds is 5. The zero-order chi connectivity index (χ0) is 10.6. The molecule has 80 valence electrons. The van der Waals surface area contributed by atoms with Gasteiger partial charge in [0.15, 0.2) is 0 Å². The topological polar surface area (TPSA) is 0 Å². The number of alkyl halides is 2. The van der Waals surface area contributed by atoms with Gasteiger partial charge in [0, 0.05) is 12.3 Å². The molecule has 0 aliphatic rings. The molecule has 13 heavy (non-hydrogen) atoms. The highest BCUT2D eigenvalue weighted by Crippen LogP contribution is 2.31. The number of hydrogen-bond acceptors (Lipinski definition) is 0. The second kappa shape index (κ2) is 4.92. The maximum atomic E-state index is 13.2. The van der Waals surface area contributed by atoms with Crippen molar-refractivity contribution < 1.29 is 8.78 Å². The highest BCUT2D eigenvalue weighted by atomic mass is 19.3. The molecular formula is C11H22F2. The van der Waals surface area contributed by atoms with Crippen molar-refractivity contribution in [1.82, 2.24) is 0 Å². The third-order valence-electron chi connectivity index (χ3n) is 2.92. The van der Waals surface area contributed by atoms with Gasteiger partial charge in [-0.2, -0.15) is 0 Å². The molecule has 0 bridgehead atoms. The number of halogens is 2. The van der Waals surface area contributed by atoms with Crippen molar-refractivity contribution in [3.05, 3.63) is 0 Å². The normalized spacial score (nSPS) is 15.5. The van der Waals surface area contributed by atoms with Gasteiger partial charge in [0.05, 0.1) is 0 Å². The van der Waals surface area contributed by atoms with Gasteiger partial charge in [-0.25, -0.2) is 8.78 Å². The quantitative estimate of drug-likeness (QED) is 0.607. The van der Waals surface area contributed by atoms with E-state index in [1.165, 1.54) is 0 Å². The molecule has 0 aromatic carbocycles. The zero-order valence-corrected chi connectivity index (χ0v) is 9.40. The van der Waals surface area contributed by atoms with Crippen LogP contribution < -0.4 is 0 Å². The van der Waals surface area contributed by atoms with Gasteiger partial charge >= 0.3 is 0 Å². The Bertz CT molecular complexity index is 139. The molecule has 0 nitrogen and oxygen atoms in total. The monoisotopic (exact) mass is 192 g/mol. The van der Waals surface area contributed by atoms with Crippen molar-refractivity contribution in [1.29, 1.82) is 0 Å². The molecule has 0 N–H and O–H groups in total. The van der Waals surface area contributed by atoms with E-state index in [1.54, 1.807) is 13.8 Å². The molecule has 0 aromatic heterocycles. The zero-order valence-electron chi connectivity index (χ0n) is 9.40. The number of hydrogen-bond donors (Lipinski definition) is 0. The van der Waals surface area contributed by atoms with Crippen LogP contribution >= 0.6 is 0 Å². The molecule has 0 spiro atoms. The average Bonchev–Trinajstić information content (AvgIpc) is 1.99. The van der Waals surface area contributed by atoms with E-state index >= 15 is 0 Å². The molecule has 0 saturated carbocycles. The lowest BCUT2D eigenvalue weighted by molar-refractivity contribution is -0.0573. The lowest BCUT2D eigenvalue weighted by Crippen LogP contribution is -2.24. The lowest BCUT2D eigenvalue weighted by atomic mass is 9.89. The Morgan fingerprint density at radius 2 is 1.46 bits per heavy atom. The summed E-state index contributed by atoms with van der Waals surface area (Å²) in [5.74, 6) is -2.12. The van der Waals surface area contributed by atoms with Crippen LogP contribution in [0.25, 0.3) is 0 Å². The molecule has 1 atom stereocenters. The van der Waals surface area contributed by atoms with Gasteiger partial charge in [-0.15, -0.1) is 0 Å². The van der Waals surface area contributed by atoms with E-state index in [0.717, 1.165) is 0 Å². The Kier molecular flexibility index (Phi) is 4.87. The SMILES string of the molecule is CC(C)C(C)CCC(F)(F)C(C)C. The van der Waals surface area contributed by atoms with E-state index in [-0.39, 0.29) is 6.42 Å². The third-order valence-corrected chi connectivity index (χ3v) is 2.92. The minimum absolute atomic E-state index is 0.0318. The van der Waals surface area contributed by atoms with Crippen LogP contribution in [0.5, 0.6) is 0 Å². The standard InChI is InChI=1S/C11H22F2/c1-8(2)10(5)6-7-11(12,13)9(3)4/h8-10H,6-7H2,1-5H3. The fraction of sp³-hybridized carbons (Fsp3) is 1.00. The highest BCUT2D eigenvalue weighted by molar-refractivity contribution is 4.72. The first kappa shape index (κ1) is 12.9. The van der Waals surface area contributed by atoms with Crippen molar-refractivity contribution in [3.8, 4) is 0 Å². The first-order valence-corrected chi connectivity index (χ1v) is 5.15. The van der Waals surface area contributed by atoms with Gasteiger partial charge in [0.1, 0.15) is 0 Å². The summed E-state index contributed by atoms with van der Waals surface area (Å²) in [7, 11) is 0. The predicted molar refractivity (Wildman–Crippen MR) is 53.0 cm³/mol. The molecule has 0 aliphatic carbocycles. The highest BCUT2D eigenvalue weighted by Gasteiger charge is 2.33. The van der Waals surface area contributed by atoms with E-state index in [0.29, 0.717) is 18.3 Å². The Balaban J connectivity index is 3.88. The van der Waals surface area contributed by atoms with E-state index in [2.05, 4.69) is 13.8 Å². The summed E-state index contributed by atoms with van der Waals surface area (Å²) in [6.07, 6.45) is 0.660. The van der Waals surface area contributed by atoms with Crippen LogP contribution in [0.1, 0.15) is 47.5 Å². The van der Waals surface area contributed by atoms with Crippen molar-refractivity contribution in [2.45, 2.75) is 53.4 Å². The van der Waals surface area contributed by atoms with Crippen LogP contribution in [-0.2, 0) is 0 Å². The summed E-state index contributed by atoms with van der Waals surface area (Å²) >= 11 is 0. The van der Waals surface area contributed by atoms with Crippen molar-refractivity contribution >= 4 is 0 Å². The van der Waals surface area contributed by atoms with E-state index in [9.17, 15) is 8.78 Å². The minimum atomic E-state index is -2.48. The Morgan fingerprint density at radius 3 is 1.77 bits per heavy atom. The van der Waals surface area contributed by atoms with Gasteiger partial charge in [-0.1, -0.05) is 34.6 Å².